The van der Waals surface area contributed by atoms with Gasteiger partial charge in [0.1, 0.15) is 5.92 Å². The van der Waals surface area contributed by atoms with E-state index < -0.39 is 17.8 Å². The maximum Gasteiger partial charge on any atom is 0.316 e. The average molecular weight is 309 g/mol. The van der Waals surface area contributed by atoms with Gasteiger partial charge in [-0.3, -0.25) is 9.59 Å². The quantitative estimate of drug-likeness (QED) is 0.854. The van der Waals surface area contributed by atoms with Gasteiger partial charge in [-0.1, -0.05) is 34.8 Å². The Hall–Kier alpha value is -0.970. The van der Waals surface area contributed by atoms with E-state index >= 15 is 0 Å². The molecule has 0 bridgehead atoms. The van der Waals surface area contributed by atoms with E-state index in [-0.39, 0.29) is 23.0 Å². The monoisotopic (exact) mass is 307 g/mol. The van der Waals surface area contributed by atoms with E-state index in [1.54, 1.807) is 0 Å². The topological polar surface area (TPSA) is 57.6 Å². The van der Waals surface area contributed by atoms with Crippen LogP contribution in [-0.4, -0.2) is 23.5 Å². The molecule has 1 aliphatic heterocycles. The summed E-state index contributed by atoms with van der Waals surface area (Å²) in [5, 5.41) is 9.71. The molecule has 0 aromatic heterocycles. The van der Waals surface area contributed by atoms with Crippen molar-refractivity contribution in [1.29, 1.82) is 0 Å². The van der Waals surface area contributed by atoms with Crippen molar-refractivity contribution in [3.05, 3.63) is 27.2 Å². The number of aliphatic carboxylic acids is 1. The van der Waals surface area contributed by atoms with E-state index in [0.29, 0.717) is 10.7 Å². The van der Waals surface area contributed by atoms with Crippen LogP contribution in [-0.2, 0) is 9.59 Å². The van der Waals surface area contributed by atoms with Gasteiger partial charge in [0.2, 0.25) is 5.91 Å². The molecule has 1 N–H and O–H groups in total. The molecule has 1 saturated heterocycles. The summed E-state index contributed by atoms with van der Waals surface area (Å²) in [6.45, 7) is 0.275. The third kappa shape index (κ3) is 2.28. The molecule has 1 aliphatic rings. The van der Waals surface area contributed by atoms with Crippen LogP contribution in [0.5, 0.6) is 0 Å². The van der Waals surface area contributed by atoms with Gasteiger partial charge in [0.25, 0.3) is 0 Å². The number of benzene rings is 1. The second-order valence-corrected chi connectivity index (χ2v) is 5.14. The number of carbonyl (C=O) groups excluding carboxylic acids is 1. The van der Waals surface area contributed by atoms with Crippen molar-refractivity contribution in [2.24, 2.45) is 5.92 Å². The fourth-order valence-corrected chi connectivity index (χ4v) is 2.94. The van der Waals surface area contributed by atoms with Gasteiger partial charge < -0.3 is 10.0 Å². The first-order valence-corrected chi connectivity index (χ1v) is 6.24. The second-order valence-electron chi connectivity index (χ2n) is 3.89. The highest BCUT2D eigenvalue weighted by atomic mass is 35.5. The highest BCUT2D eigenvalue weighted by molar-refractivity contribution is 6.42. The minimum Gasteiger partial charge on any atom is -0.481 e. The number of hydrogen-bond donors (Lipinski definition) is 1. The van der Waals surface area contributed by atoms with Crippen molar-refractivity contribution in [2.75, 3.05) is 11.4 Å². The van der Waals surface area contributed by atoms with Crippen molar-refractivity contribution in [2.45, 2.75) is 6.42 Å². The van der Waals surface area contributed by atoms with Crippen LogP contribution in [0.3, 0.4) is 0 Å². The summed E-state index contributed by atoms with van der Waals surface area (Å²) < 4.78 is 0. The van der Waals surface area contributed by atoms with Gasteiger partial charge in [0, 0.05) is 11.6 Å². The zero-order valence-corrected chi connectivity index (χ0v) is 11.3. The molecule has 1 atom stereocenters. The molecule has 18 heavy (non-hydrogen) atoms. The predicted octanol–water partition coefficient (Wildman–Crippen LogP) is 3.08. The van der Waals surface area contributed by atoms with E-state index in [1.165, 1.54) is 17.0 Å². The van der Waals surface area contributed by atoms with Crippen LogP contribution in [0.4, 0.5) is 5.69 Å². The summed E-state index contributed by atoms with van der Waals surface area (Å²) >= 11 is 17.8. The molecule has 0 spiro atoms. The minimum atomic E-state index is -1.14. The molecule has 0 radical (unpaired) electrons. The number of hydrogen-bond acceptors (Lipinski definition) is 2. The predicted molar refractivity (Wildman–Crippen MR) is 69.6 cm³/mol. The zero-order chi connectivity index (χ0) is 13.4. The maximum atomic E-state index is 11.9. The summed E-state index contributed by atoms with van der Waals surface area (Å²) in [4.78, 5) is 24.1. The molecule has 1 unspecified atom stereocenters. The van der Waals surface area contributed by atoms with Crippen LogP contribution < -0.4 is 4.90 Å². The molecular formula is C11H8Cl3NO3. The van der Waals surface area contributed by atoms with Gasteiger partial charge in [-0.05, 0) is 18.6 Å². The Balaban J connectivity index is 2.40. The van der Waals surface area contributed by atoms with Crippen molar-refractivity contribution in [3.63, 3.8) is 0 Å². The molecule has 7 heteroatoms. The molecular weight excluding hydrogens is 300 g/mol. The minimum absolute atomic E-state index is 0.229. The third-order valence-electron chi connectivity index (χ3n) is 2.76. The Labute approximate surface area is 118 Å². The van der Waals surface area contributed by atoms with Crippen molar-refractivity contribution >= 4 is 52.4 Å². The standard InChI is InChI=1S/C11H8Cl3NO3/c12-5-3-7(13)9(8(14)4-5)15-2-1-6(10(15)16)11(17)18/h3-4,6H,1-2H2,(H,17,18). The van der Waals surface area contributed by atoms with Gasteiger partial charge in [0.05, 0.1) is 15.7 Å². The number of carboxylic acids is 1. The zero-order valence-electron chi connectivity index (χ0n) is 8.99. The normalized spacial score (nSPS) is 19.4. The number of halogens is 3. The van der Waals surface area contributed by atoms with Crippen molar-refractivity contribution in [1.82, 2.24) is 0 Å². The van der Waals surface area contributed by atoms with Crippen LogP contribution >= 0.6 is 34.8 Å². The summed E-state index contributed by atoms with van der Waals surface area (Å²) in [7, 11) is 0. The highest BCUT2D eigenvalue weighted by Crippen LogP contribution is 2.39. The molecule has 2 rings (SSSR count). The smallest absolute Gasteiger partial charge is 0.316 e. The van der Waals surface area contributed by atoms with Crippen molar-refractivity contribution < 1.29 is 14.7 Å². The number of anilines is 1. The number of nitrogens with zero attached hydrogens (tertiary/aromatic N) is 1. The Kier molecular flexibility index (Phi) is 3.71. The number of carboxylic acid groups (broad SMARTS) is 1. The van der Waals surface area contributed by atoms with Gasteiger partial charge in [0.15, 0.2) is 0 Å². The largest absolute Gasteiger partial charge is 0.481 e. The van der Waals surface area contributed by atoms with E-state index in [0.717, 1.165) is 0 Å². The molecule has 4 nitrogen and oxygen atoms in total. The maximum absolute atomic E-state index is 11.9. The molecule has 1 aromatic carbocycles. The van der Waals surface area contributed by atoms with Crippen LogP contribution in [0.15, 0.2) is 12.1 Å². The Morgan fingerprint density at radius 3 is 2.28 bits per heavy atom. The number of amides is 1. The van der Waals surface area contributed by atoms with Crippen LogP contribution in [0, 0.1) is 5.92 Å². The SMILES string of the molecule is O=C(O)C1CCN(c2c(Cl)cc(Cl)cc2Cl)C1=O. The molecule has 1 amide bonds. The van der Waals surface area contributed by atoms with Gasteiger partial charge in [-0.2, -0.15) is 0 Å². The lowest BCUT2D eigenvalue weighted by Crippen LogP contribution is -2.30. The molecule has 1 aromatic rings. The third-order valence-corrected chi connectivity index (χ3v) is 3.55. The van der Waals surface area contributed by atoms with Crippen LogP contribution in [0.2, 0.25) is 15.1 Å². The first-order valence-electron chi connectivity index (χ1n) is 5.10. The van der Waals surface area contributed by atoms with E-state index in [4.69, 9.17) is 39.9 Å². The first-order chi connectivity index (χ1) is 8.41. The Bertz CT molecular complexity index is 509. The number of carbonyl (C=O) groups is 2. The lowest BCUT2D eigenvalue weighted by Gasteiger charge is -2.19. The molecule has 1 fully saturated rings. The molecule has 0 aliphatic carbocycles. The Morgan fingerprint density at radius 2 is 1.83 bits per heavy atom. The molecule has 0 saturated carbocycles. The highest BCUT2D eigenvalue weighted by Gasteiger charge is 2.39. The van der Waals surface area contributed by atoms with Gasteiger partial charge in [-0.25, -0.2) is 0 Å². The van der Waals surface area contributed by atoms with Crippen LogP contribution in [0.25, 0.3) is 0 Å². The summed E-state index contributed by atoms with van der Waals surface area (Å²) in [5.74, 6) is -2.68. The van der Waals surface area contributed by atoms with E-state index in [1.807, 2.05) is 0 Å². The summed E-state index contributed by atoms with van der Waals surface area (Å²) in [6.07, 6.45) is 0.240. The fraction of sp³-hybridized carbons (Fsp3) is 0.273. The van der Waals surface area contributed by atoms with Gasteiger partial charge >= 0.3 is 5.97 Å². The number of rotatable bonds is 2. The van der Waals surface area contributed by atoms with E-state index in [9.17, 15) is 9.59 Å². The van der Waals surface area contributed by atoms with Gasteiger partial charge in [-0.15, -0.1) is 0 Å². The summed E-state index contributed by atoms with van der Waals surface area (Å²) in [6, 6.07) is 2.93. The van der Waals surface area contributed by atoms with E-state index in [2.05, 4.69) is 0 Å². The fourth-order valence-electron chi connectivity index (χ4n) is 1.92. The summed E-state index contributed by atoms with van der Waals surface area (Å²) in [5.41, 5.74) is 0.316. The molecule has 96 valence electrons. The molecule has 1 heterocycles. The Morgan fingerprint density at radius 1 is 1.28 bits per heavy atom. The first kappa shape index (κ1) is 13.5. The van der Waals surface area contributed by atoms with Crippen LogP contribution in [0.1, 0.15) is 6.42 Å². The average Bonchev–Trinajstić information content (AvgIpc) is 2.59. The van der Waals surface area contributed by atoms with Crippen molar-refractivity contribution in [3.8, 4) is 0 Å². The second kappa shape index (κ2) is 4.96. The lowest BCUT2D eigenvalue weighted by molar-refractivity contribution is -0.144. The lowest BCUT2D eigenvalue weighted by atomic mass is 10.1.